The standard InChI is InChI=1S/C6H5F3N3/c1-3-2-11-5(6(7,8)9)12-4(3)10/h2H,1H3,(H-,10,11,12)/q-1. The van der Waals surface area contributed by atoms with E-state index in [-0.39, 0.29) is 0 Å². The summed E-state index contributed by atoms with van der Waals surface area (Å²) in [5, 5.41) is 0. The summed E-state index contributed by atoms with van der Waals surface area (Å²) in [6.07, 6.45) is -3.58. The summed E-state index contributed by atoms with van der Waals surface area (Å²) >= 11 is 0. The van der Waals surface area contributed by atoms with Crippen LogP contribution < -0.4 is 0 Å². The molecule has 1 N–H and O–H groups in total. The van der Waals surface area contributed by atoms with E-state index in [2.05, 4.69) is 9.97 Å². The molecule has 0 atom stereocenters. The second-order valence-corrected chi connectivity index (χ2v) is 2.22. The topological polar surface area (TPSA) is 49.6 Å². The number of hydrogen-bond donors (Lipinski definition) is 0. The second-order valence-electron chi connectivity index (χ2n) is 2.22. The van der Waals surface area contributed by atoms with Crippen molar-refractivity contribution in [3.63, 3.8) is 0 Å². The van der Waals surface area contributed by atoms with E-state index in [4.69, 9.17) is 5.73 Å². The molecule has 0 bridgehead atoms. The molecule has 0 aromatic carbocycles. The Kier molecular flexibility index (Phi) is 1.91. The zero-order valence-corrected chi connectivity index (χ0v) is 6.11. The van der Waals surface area contributed by atoms with Gasteiger partial charge >= 0.3 is 6.18 Å². The third kappa shape index (κ3) is 1.63. The monoisotopic (exact) mass is 176 g/mol. The fraction of sp³-hybridized carbons (Fsp3) is 0.333. The lowest BCUT2D eigenvalue weighted by atomic mass is 10.3. The van der Waals surface area contributed by atoms with E-state index < -0.39 is 17.8 Å². The Morgan fingerprint density at radius 3 is 2.42 bits per heavy atom. The SMILES string of the molecule is Cc1cnc(C(F)(F)F)nc1[NH-]. The van der Waals surface area contributed by atoms with E-state index in [1.807, 2.05) is 0 Å². The maximum Gasteiger partial charge on any atom is 0.429 e. The maximum atomic E-state index is 11.9. The molecule has 1 heterocycles. The van der Waals surface area contributed by atoms with Crippen LogP contribution in [-0.4, -0.2) is 9.97 Å². The Hall–Kier alpha value is -1.33. The molecule has 0 spiro atoms. The number of aryl methyl sites for hydroxylation is 1. The molecular weight excluding hydrogens is 171 g/mol. The number of halogens is 3. The van der Waals surface area contributed by atoms with Crippen LogP contribution in [0.5, 0.6) is 0 Å². The molecule has 0 aliphatic rings. The Morgan fingerprint density at radius 1 is 1.42 bits per heavy atom. The minimum Gasteiger partial charge on any atom is -0.482 e. The predicted molar refractivity (Wildman–Crippen MR) is 35.8 cm³/mol. The second kappa shape index (κ2) is 2.62. The van der Waals surface area contributed by atoms with Gasteiger partial charge in [0.25, 0.3) is 0 Å². The maximum absolute atomic E-state index is 11.9. The van der Waals surface area contributed by atoms with Gasteiger partial charge in [-0.3, -0.25) is 4.98 Å². The smallest absolute Gasteiger partial charge is 0.429 e. The van der Waals surface area contributed by atoms with Crippen LogP contribution in [0.2, 0.25) is 0 Å². The van der Waals surface area contributed by atoms with Crippen molar-refractivity contribution in [2.45, 2.75) is 13.1 Å². The van der Waals surface area contributed by atoms with Gasteiger partial charge in [0.05, 0.1) is 0 Å². The average molecular weight is 176 g/mol. The van der Waals surface area contributed by atoms with Crippen LogP contribution in [0.15, 0.2) is 6.20 Å². The molecular formula is C6H5F3N3-. The molecule has 0 amide bonds. The van der Waals surface area contributed by atoms with Crippen molar-refractivity contribution < 1.29 is 13.2 Å². The van der Waals surface area contributed by atoms with E-state index in [0.717, 1.165) is 6.20 Å². The highest BCUT2D eigenvalue weighted by atomic mass is 19.4. The quantitative estimate of drug-likeness (QED) is 0.609. The van der Waals surface area contributed by atoms with E-state index >= 15 is 0 Å². The molecule has 1 aromatic heterocycles. The summed E-state index contributed by atoms with van der Waals surface area (Å²) < 4.78 is 35.7. The first-order valence-electron chi connectivity index (χ1n) is 3.03. The van der Waals surface area contributed by atoms with E-state index in [9.17, 15) is 13.2 Å². The van der Waals surface area contributed by atoms with Gasteiger partial charge in [0, 0.05) is 6.20 Å². The lowest BCUT2D eigenvalue weighted by Crippen LogP contribution is -2.10. The first-order valence-corrected chi connectivity index (χ1v) is 3.03. The Bertz CT molecular complexity index is 295. The van der Waals surface area contributed by atoms with Gasteiger partial charge in [0.2, 0.25) is 0 Å². The average Bonchev–Trinajstić information content (AvgIpc) is 1.92. The van der Waals surface area contributed by atoms with Gasteiger partial charge in [-0.25, -0.2) is 0 Å². The highest BCUT2D eigenvalue weighted by molar-refractivity contribution is 5.40. The number of alkyl halides is 3. The van der Waals surface area contributed by atoms with Gasteiger partial charge in [-0.2, -0.15) is 13.2 Å². The first-order chi connectivity index (χ1) is 5.41. The van der Waals surface area contributed by atoms with Crippen molar-refractivity contribution >= 4 is 5.82 Å². The number of nitrogens with one attached hydrogen (secondary N) is 1. The van der Waals surface area contributed by atoms with Crippen molar-refractivity contribution in [1.82, 2.24) is 9.97 Å². The first kappa shape index (κ1) is 8.76. The molecule has 0 aliphatic heterocycles. The van der Waals surface area contributed by atoms with Crippen LogP contribution in [0, 0.1) is 6.92 Å². The third-order valence-corrected chi connectivity index (χ3v) is 1.23. The van der Waals surface area contributed by atoms with Crippen LogP contribution >= 0.6 is 0 Å². The van der Waals surface area contributed by atoms with Gasteiger partial charge < -0.3 is 10.7 Å². The number of nitrogens with zero attached hydrogens (tertiary/aromatic N) is 2. The van der Waals surface area contributed by atoms with Crippen LogP contribution in [0.1, 0.15) is 11.4 Å². The van der Waals surface area contributed by atoms with Crippen LogP contribution in [0.3, 0.4) is 0 Å². The molecule has 66 valence electrons. The zero-order chi connectivity index (χ0) is 9.35. The summed E-state index contributed by atoms with van der Waals surface area (Å²) in [6.45, 7) is 1.47. The van der Waals surface area contributed by atoms with E-state index in [1.165, 1.54) is 6.92 Å². The molecule has 0 unspecified atom stereocenters. The van der Waals surface area contributed by atoms with Gasteiger partial charge in [0.15, 0.2) is 0 Å². The van der Waals surface area contributed by atoms with Gasteiger partial charge in [-0.1, -0.05) is 5.82 Å². The van der Waals surface area contributed by atoms with Gasteiger partial charge in [-0.15, -0.1) is 0 Å². The van der Waals surface area contributed by atoms with Crippen molar-refractivity contribution in [3.05, 3.63) is 23.3 Å². The molecule has 6 heteroatoms. The fourth-order valence-electron chi connectivity index (χ4n) is 0.579. The summed E-state index contributed by atoms with van der Waals surface area (Å²) in [5.74, 6) is -1.66. The largest absolute Gasteiger partial charge is 0.482 e. The van der Waals surface area contributed by atoms with Gasteiger partial charge in [0.1, 0.15) is 5.82 Å². The summed E-state index contributed by atoms with van der Waals surface area (Å²) in [4.78, 5) is 6.03. The fourth-order valence-corrected chi connectivity index (χ4v) is 0.579. The summed E-state index contributed by atoms with van der Waals surface area (Å²) in [6, 6.07) is 0. The Morgan fingerprint density at radius 2 is 2.00 bits per heavy atom. The minimum absolute atomic E-state index is 0.322. The molecule has 1 aromatic rings. The molecule has 0 saturated carbocycles. The predicted octanol–water partition coefficient (Wildman–Crippen LogP) is 2.49. The Labute approximate surface area is 66.4 Å². The van der Waals surface area contributed by atoms with Crippen LogP contribution in [0.25, 0.3) is 5.73 Å². The lowest BCUT2D eigenvalue weighted by molar-refractivity contribution is -0.144. The number of rotatable bonds is 0. The third-order valence-electron chi connectivity index (χ3n) is 1.23. The van der Waals surface area contributed by atoms with Crippen LogP contribution in [0.4, 0.5) is 19.0 Å². The van der Waals surface area contributed by atoms with E-state index in [1.54, 1.807) is 0 Å². The summed E-state index contributed by atoms with van der Waals surface area (Å²) in [5.41, 5.74) is 7.31. The molecule has 0 aliphatic carbocycles. The van der Waals surface area contributed by atoms with Crippen molar-refractivity contribution in [2.24, 2.45) is 0 Å². The molecule has 0 fully saturated rings. The van der Waals surface area contributed by atoms with Crippen molar-refractivity contribution in [2.75, 3.05) is 0 Å². The highest BCUT2D eigenvalue weighted by Gasteiger charge is 2.30. The summed E-state index contributed by atoms with van der Waals surface area (Å²) in [7, 11) is 0. The van der Waals surface area contributed by atoms with Crippen molar-refractivity contribution in [3.8, 4) is 0 Å². The normalized spacial score (nSPS) is 11.7. The number of aromatic nitrogens is 2. The molecule has 0 radical (unpaired) electrons. The van der Waals surface area contributed by atoms with Crippen LogP contribution in [-0.2, 0) is 6.18 Å². The minimum atomic E-state index is -4.57. The Balaban J connectivity index is 3.14. The van der Waals surface area contributed by atoms with E-state index in [0.29, 0.717) is 5.56 Å². The highest BCUT2D eigenvalue weighted by Crippen LogP contribution is 2.27. The molecule has 0 saturated heterocycles. The molecule has 1 rings (SSSR count). The number of hydrogen-bond acceptors (Lipinski definition) is 2. The molecule has 3 nitrogen and oxygen atoms in total. The van der Waals surface area contributed by atoms with Gasteiger partial charge in [-0.05, 0) is 12.5 Å². The molecule has 12 heavy (non-hydrogen) atoms. The zero-order valence-electron chi connectivity index (χ0n) is 6.11. The lowest BCUT2D eigenvalue weighted by Gasteiger charge is -2.13. The van der Waals surface area contributed by atoms with Crippen molar-refractivity contribution in [1.29, 1.82) is 0 Å².